The van der Waals surface area contributed by atoms with E-state index < -0.39 is 5.91 Å². The Bertz CT molecular complexity index is 1260. The number of anilines is 1. The average Bonchev–Trinajstić information content (AvgIpc) is 3.35. The van der Waals surface area contributed by atoms with Gasteiger partial charge in [-0.05, 0) is 36.2 Å². The molecule has 0 bridgehead atoms. The Morgan fingerprint density at radius 1 is 1.17 bits per heavy atom. The highest BCUT2D eigenvalue weighted by atomic mass is 16.1. The second-order valence-corrected chi connectivity index (χ2v) is 7.48. The van der Waals surface area contributed by atoms with Gasteiger partial charge in [-0.15, -0.1) is 0 Å². The van der Waals surface area contributed by atoms with Crippen molar-refractivity contribution in [2.24, 2.45) is 5.73 Å². The van der Waals surface area contributed by atoms with Crippen LogP contribution in [0.15, 0.2) is 54.7 Å². The summed E-state index contributed by atoms with van der Waals surface area (Å²) < 4.78 is 1.94. The van der Waals surface area contributed by atoms with Crippen LogP contribution >= 0.6 is 0 Å². The molecule has 0 saturated carbocycles. The van der Waals surface area contributed by atoms with E-state index in [4.69, 9.17) is 15.7 Å². The summed E-state index contributed by atoms with van der Waals surface area (Å²) in [6, 6.07) is 15.8. The molecule has 0 atom stereocenters. The average molecular weight is 398 g/mol. The zero-order chi connectivity index (χ0) is 20.7. The van der Waals surface area contributed by atoms with E-state index in [9.17, 15) is 4.79 Å². The van der Waals surface area contributed by atoms with Gasteiger partial charge in [0.15, 0.2) is 5.82 Å². The summed E-state index contributed by atoms with van der Waals surface area (Å²) in [5, 5.41) is 6.85. The van der Waals surface area contributed by atoms with E-state index in [1.165, 1.54) is 5.56 Å². The number of carbonyl (C=O) groups excluding carboxylic acids is 1. The predicted molar refractivity (Wildman–Crippen MR) is 116 cm³/mol. The number of hydrogen-bond donors (Lipinski definition) is 3. The largest absolute Gasteiger partial charge is 0.366 e. The molecular formula is C23H22N6O. The minimum Gasteiger partial charge on any atom is -0.366 e. The van der Waals surface area contributed by atoms with Gasteiger partial charge in [-0.25, -0.2) is 9.97 Å². The normalized spacial score (nSPS) is 12.8. The molecule has 0 saturated heterocycles. The van der Waals surface area contributed by atoms with E-state index in [0.717, 1.165) is 40.4 Å². The molecule has 5 rings (SSSR count). The van der Waals surface area contributed by atoms with Gasteiger partial charge in [0.05, 0.1) is 22.5 Å². The Morgan fingerprint density at radius 2 is 2.00 bits per heavy atom. The summed E-state index contributed by atoms with van der Waals surface area (Å²) in [6.45, 7) is 4.13. The van der Waals surface area contributed by atoms with Crippen LogP contribution in [0.4, 0.5) is 5.82 Å². The topological polar surface area (TPSA) is 97.3 Å². The minimum absolute atomic E-state index is 0.450. The summed E-state index contributed by atoms with van der Waals surface area (Å²) in [5.41, 5.74) is 12.0. The lowest BCUT2D eigenvalue weighted by atomic mass is 10.2. The third-order valence-corrected chi connectivity index (χ3v) is 5.47. The SMILES string of the molecule is Cc1cc2c(C(N)=O)cccn2c1-c1nc2c(c(NCc3ccccc3)n1)CNC2. The first-order chi connectivity index (χ1) is 14.6. The standard InChI is InChI=1S/C23H22N6O/c1-14-10-19-16(21(24)30)8-5-9-29(19)20(14)23-27-18-13-25-12-17(18)22(28-23)26-11-15-6-3-2-4-7-15/h2-10,25H,11-13H2,1H3,(H2,24,30)(H,26,27,28). The smallest absolute Gasteiger partial charge is 0.250 e. The van der Waals surface area contributed by atoms with Gasteiger partial charge in [0, 0.05) is 31.4 Å². The van der Waals surface area contributed by atoms with Crippen molar-refractivity contribution in [3.8, 4) is 11.5 Å². The molecule has 3 aromatic heterocycles. The maximum atomic E-state index is 11.9. The summed E-state index contributed by atoms with van der Waals surface area (Å²) in [5.74, 6) is 1.02. The fourth-order valence-electron chi connectivity index (χ4n) is 4.02. The van der Waals surface area contributed by atoms with Gasteiger partial charge in [0.2, 0.25) is 0 Å². The maximum absolute atomic E-state index is 11.9. The number of nitrogens with one attached hydrogen (secondary N) is 2. The number of nitrogens with two attached hydrogens (primary N) is 1. The quantitative estimate of drug-likeness (QED) is 0.480. The number of rotatable bonds is 5. The number of amides is 1. The lowest BCUT2D eigenvalue weighted by Crippen LogP contribution is -2.12. The Balaban J connectivity index is 1.61. The van der Waals surface area contributed by atoms with E-state index >= 15 is 0 Å². The molecule has 1 aromatic carbocycles. The number of aryl methyl sites for hydroxylation is 1. The van der Waals surface area contributed by atoms with Crippen LogP contribution in [-0.2, 0) is 19.6 Å². The van der Waals surface area contributed by atoms with Crippen molar-refractivity contribution < 1.29 is 4.79 Å². The van der Waals surface area contributed by atoms with E-state index in [-0.39, 0.29) is 0 Å². The summed E-state index contributed by atoms with van der Waals surface area (Å²) in [4.78, 5) is 21.6. The Kier molecular flexibility index (Phi) is 4.44. The minimum atomic E-state index is -0.450. The van der Waals surface area contributed by atoms with Crippen molar-refractivity contribution in [1.82, 2.24) is 19.7 Å². The highest BCUT2D eigenvalue weighted by Crippen LogP contribution is 2.30. The fraction of sp³-hybridized carbons (Fsp3) is 0.174. The van der Waals surface area contributed by atoms with Crippen LogP contribution in [0.25, 0.3) is 17.0 Å². The molecule has 0 unspecified atom stereocenters. The number of aromatic nitrogens is 3. The van der Waals surface area contributed by atoms with E-state index in [1.54, 1.807) is 6.07 Å². The molecule has 7 heteroatoms. The van der Waals surface area contributed by atoms with Crippen LogP contribution in [-0.4, -0.2) is 20.3 Å². The zero-order valence-corrected chi connectivity index (χ0v) is 16.6. The van der Waals surface area contributed by atoms with Gasteiger partial charge in [-0.3, -0.25) is 4.79 Å². The summed E-state index contributed by atoms with van der Waals surface area (Å²) in [7, 11) is 0. The van der Waals surface area contributed by atoms with Crippen LogP contribution in [0, 0.1) is 6.92 Å². The number of nitrogens with zero attached hydrogens (tertiary/aromatic N) is 3. The lowest BCUT2D eigenvalue weighted by Gasteiger charge is -2.13. The first-order valence-electron chi connectivity index (χ1n) is 9.91. The number of benzene rings is 1. The van der Waals surface area contributed by atoms with Gasteiger partial charge in [0.25, 0.3) is 5.91 Å². The Labute approximate surface area is 174 Å². The predicted octanol–water partition coefficient (Wildman–Crippen LogP) is 3.02. The number of hydrogen-bond acceptors (Lipinski definition) is 5. The van der Waals surface area contributed by atoms with Gasteiger partial charge < -0.3 is 20.8 Å². The first-order valence-corrected chi connectivity index (χ1v) is 9.91. The molecule has 0 fully saturated rings. The highest BCUT2D eigenvalue weighted by Gasteiger charge is 2.22. The molecule has 0 spiro atoms. The molecule has 0 radical (unpaired) electrons. The molecule has 7 nitrogen and oxygen atoms in total. The molecule has 4 heterocycles. The number of carbonyl (C=O) groups is 1. The number of primary amides is 1. The van der Waals surface area contributed by atoms with Crippen molar-refractivity contribution in [3.05, 3.63) is 82.7 Å². The molecule has 4 aromatic rings. The van der Waals surface area contributed by atoms with Crippen molar-refractivity contribution in [2.45, 2.75) is 26.6 Å². The van der Waals surface area contributed by atoms with Crippen LogP contribution < -0.4 is 16.4 Å². The van der Waals surface area contributed by atoms with Gasteiger partial charge >= 0.3 is 0 Å². The van der Waals surface area contributed by atoms with Crippen molar-refractivity contribution in [3.63, 3.8) is 0 Å². The highest BCUT2D eigenvalue weighted by molar-refractivity contribution is 6.00. The molecule has 4 N–H and O–H groups in total. The Morgan fingerprint density at radius 3 is 2.80 bits per heavy atom. The summed E-state index contributed by atoms with van der Waals surface area (Å²) in [6.07, 6.45) is 1.91. The van der Waals surface area contributed by atoms with E-state index in [0.29, 0.717) is 24.5 Å². The second kappa shape index (κ2) is 7.27. The van der Waals surface area contributed by atoms with Crippen molar-refractivity contribution >= 4 is 17.2 Å². The third kappa shape index (κ3) is 3.09. The molecular weight excluding hydrogens is 376 g/mol. The van der Waals surface area contributed by atoms with E-state index in [2.05, 4.69) is 22.8 Å². The van der Waals surface area contributed by atoms with Gasteiger partial charge in [-0.2, -0.15) is 0 Å². The van der Waals surface area contributed by atoms with Gasteiger partial charge in [0.1, 0.15) is 5.82 Å². The second-order valence-electron chi connectivity index (χ2n) is 7.48. The monoisotopic (exact) mass is 398 g/mol. The van der Waals surface area contributed by atoms with E-state index in [1.807, 2.05) is 47.9 Å². The fourth-order valence-corrected chi connectivity index (χ4v) is 4.02. The molecule has 1 aliphatic rings. The van der Waals surface area contributed by atoms with Crippen molar-refractivity contribution in [2.75, 3.05) is 5.32 Å². The van der Waals surface area contributed by atoms with Crippen LogP contribution in [0.5, 0.6) is 0 Å². The van der Waals surface area contributed by atoms with Gasteiger partial charge in [-0.1, -0.05) is 30.3 Å². The number of pyridine rings is 1. The van der Waals surface area contributed by atoms with Crippen LogP contribution in [0.3, 0.4) is 0 Å². The molecule has 0 aliphatic carbocycles. The molecule has 1 aliphatic heterocycles. The third-order valence-electron chi connectivity index (χ3n) is 5.47. The van der Waals surface area contributed by atoms with Crippen LogP contribution in [0.2, 0.25) is 0 Å². The Hall–Kier alpha value is -3.71. The first kappa shape index (κ1) is 18.3. The summed E-state index contributed by atoms with van der Waals surface area (Å²) >= 11 is 0. The lowest BCUT2D eigenvalue weighted by molar-refractivity contribution is 0.100. The maximum Gasteiger partial charge on any atom is 0.250 e. The number of fused-ring (bicyclic) bond motifs is 2. The molecule has 150 valence electrons. The van der Waals surface area contributed by atoms with Crippen LogP contribution in [0.1, 0.15) is 32.7 Å². The molecule has 1 amide bonds. The molecule has 30 heavy (non-hydrogen) atoms. The zero-order valence-electron chi connectivity index (χ0n) is 16.6. The van der Waals surface area contributed by atoms with Crippen molar-refractivity contribution in [1.29, 1.82) is 0 Å².